The molecule has 0 atom stereocenters. The molecule has 0 spiro atoms. The highest BCUT2D eigenvalue weighted by molar-refractivity contribution is 7.90. The molecule has 6 nitrogen and oxygen atoms in total. The molecule has 0 bridgehead atoms. The van der Waals surface area contributed by atoms with E-state index < -0.39 is 10.0 Å². The smallest absolute Gasteiger partial charge is 0.217 e. The van der Waals surface area contributed by atoms with E-state index in [1.54, 1.807) is 10.5 Å². The SMILES string of the molecule is O=S(=O)(C1CC1)N1CCN(CCn2cccn2)CC1. The van der Waals surface area contributed by atoms with Gasteiger partial charge < -0.3 is 0 Å². The third-order valence-electron chi connectivity index (χ3n) is 3.84. The van der Waals surface area contributed by atoms with Crippen LogP contribution in [-0.4, -0.2) is 65.4 Å². The molecule has 1 saturated carbocycles. The van der Waals surface area contributed by atoms with Gasteiger partial charge in [0, 0.05) is 45.1 Å². The van der Waals surface area contributed by atoms with Gasteiger partial charge in [0.1, 0.15) is 0 Å². The lowest BCUT2D eigenvalue weighted by atomic mass is 10.3. The summed E-state index contributed by atoms with van der Waals surface area (Å²) in [5.41, 5.74) is 0. The Kier molecular flexibility index (Phi) is 3.60. The third kappa shape index (κ3) is 2.98. The Bertz CT molecular complexity index is 502. The Hall–Kier alpha value is -0.920. The molecular weight excluding hydrogens is 264 g/mol. The van der Waals surface area contributed by atoms with E-state index >= 15 is 0 Å². The lowest BCUT2D eigenvalue weighted by molar-refractivity contribution is 0.181. The Labute approximate surface area is 114 Å². The van der Waals surface area contributed by atoms with Crippen LogP contribution in [-0.2, 0) is 16.6 Å². The average molecular weight is 284 g/mol. The standard InChI is InChI=1S/C12H20N4O2S/c17-19(18,12-2-3-12)16-10-7-14(8-11-16)6-9-15-5-1-4-13-15/h1,4-5,12H,2-3,6-11H2. The maximum atomic E-state index is 12.1. The molecule has 19 heavy (non-hydrogen) atoms. The molecule has 2 fully saturated rings. The first kappa shape index (κ1) is 13.1. The minimum Gasteiger partial charge on any atom is -0.299 e. The summed E-state index contributed by atoms with van der Waals surface area (Å²) in [6, 6.07) is 1.92. The van der Waals surface area contributed by atoms with Crippen LogP contribution >= 0.6 is 0 Å². The third-order valence-corrected chi connectivity index (χ3v) is 6.24. The molecular formula is C12H20N4O2S. The van der Waals surface area contributed by atoms with Crippen LogP contribution in [0.3, 0.4) is 0 Å². The van der Waals surface area contributed by atoms with Gasteiger partial charge in [-0.3, -0.25) is 9.58 Å². The number of sulfonamides is 1. The Morgan fingerprint density at radius 3 is 2.42 bits per heavy atom. The average Bonchev–Trinajstić information content (AvgIpc) is 3.16. The van der Waals surface area contributed by atoms with Crippen molar-refractivity contribution in [3.63, 3.8) is 0 Å². The van der Waals surface area contributed by atoms with Gasteiger partial charge in [-0.1, -0.05) is 0 Å². The van der Waals surface area contributed by atoms with Crippen LogP contribution in [0.5, 0.6) is 0 Å². The van der Waals surface area contributed by atoms with E-state index in [0.717, 1.165) is 39.0 Å². The zero-order chi connectivity index (χ0) is 13.3. The summed E-state index contributed by atoms with van der Waals surface area (Å²) in [5.74, 6) is 0. The molecule has 1 aromatic rings. The van der Waals surface area contributed by atoms with Crippen LogP contribution in [0.15, 0.2) is 18.5 Å². The monoisotopic (exact) mass is 284 g/mol. The molecule has 3 rings (SSSR count). The molecule has 0 aromatic carbocycles. The summed E-state index contributed by atoms with van der Waals surface area (Å²) < 4.78 is 27.8. The van der Waals surface area contributed by atoms with Crippen molar-refractivity contribution < 1.29 is 8.42 Å². The van der Waals surface area contributed by atoms with E-state index in [0.29, 0.717) is 13.1 Å². The Morgan fingerprint density at radius 1 is 1.11 bits per heavy atom. The summed E-state index contributed by atoms with van der Waals surface area (Å²) in [5, 5.41) is 4.09. The van der Waals surface area contributed by atoms with E-state index in [-0.39, 0.29) is 5.25 Å². The minimum absolute atomic E-state index is 0.0804. The first-order valence-electron chi connectivity index (χ1n) is 6.85. The highest BCUT2D eigenvalue weighted by Gasteiger charge is 2.40. The second-order valence-electron chi connectivity index (χ2n) is 5.25. The van der Waals surface area contributed by atoms with Crippen molar-refractivity contribution in [3.05, 3.63) is 18.5 Å². The molecule has 0 amide bonds. The normalized spacial score (nSPS) is 22.7. The van der Waals surface area contributed by atoms with E-state index in [4.69, 9.17) is 0 Å². The molecule has 1 aromatic heterocycles. The number of nitrogens with zero attached hydrogens (tertiary/aromatic N) is 4. The molecule has 1 saturated heterocycles. The molecule has 1 aliphatic carbocycles. The predicted molar refractivity (Wildman–Crippen MR) is 72.2 cm³/mol. The Morgan fingerprint density at radius 2 is 1.84 bits per heavy atom. The summed E-state index contributed by atoms with van der Waals surface area (Å²) >= 11 is 0. The van der Waals surface area contributed by atoms with E-state index in [1.165, 1.54) is 0 Å². The van der Waals surface area contributed by atoms with Crippen LogP contribution in [0.2, 0.25) is 0 Å². The van der Waals surface area contributed by atoms with Crippen molar-refractivity contribution in [1.29, 1.82) is 0 Å². The predicted octanol–water partition coefficient (Wildman–Crippen LogP) is -0.00710. The maximum absolute atomic E-state index is 12.1. The zero-order valence-corrected chi connectivity index (χ0v) is 11.8. The first-order valence-corrected chi connectivity index (χ1v) is 8.35. The minimum atomic E-state index is -2.98. The molecule has 2 aliphatic rings. The van der Waals surface area contributed by atoms with Crippen molar-refractivity contribution in [2.24, 2.45) is 0 Å². The van der Waals surface area contributed by atoms with Gasteiger partial charge in [-0.05, 0) is 18.9 Å². The number of rotatable bonds is 5. The van der Waals surface area contributed by atoms with Gasteiger partial charge in [0.15, 0.2) is 0 Å². The van der Waals surface area contributed by atoms with Gasteiger partial charge in [0.05, 0.1) is 11.8 Å². The van der Waals surface area contributed by atoms with Crippen LogP contribution in [0, 0.1) is 0 Å². The summed E-state index contributed by atoms with van der Waals surface area (Å²) in [4.78, 5) is 2.31. The fraction of sp³-hybridized carbons (Fsp3) is 0.750. The summed E-state index contributed by atoms with van der Waals surface area (Å²) in [6.07, 6.45) is 5.43. The fourth-order valence-electron chi connectivity index (χ4n) is 2.46. The van der Waals surface area contributed by atoms with Gasteiger partial charge in [-0.25, -0.2) is 8.42 Å². The largest absolute Gasteiger partial charge is 0.299 e. The van der Waals surface area contributed by atoms with E-state index in [2.05, 4.69) is 10.00 Å². The van der Waals surface area contributed by atoms with E-state index in [9.17, 15) is 8.42 Å². The molecule has 0 N–H and O–H groups in total. The van der Waals surface area contributed by atoms with Gasteiger partial charge in [0.2, 0.25) is 10.0 Å². The maximum Gasteiger partial charge on any atom is 0.217 e. The highest BCUT2D eigenvalue weighted by Crippen LogP contribution is 2.31. The van der Waals surface area contributed by atoms with Crippen molar-refractivity contribution in [3.8, 4) is 0 Å². The van der Waals surface area contributed by atoms with Gasteiger partial charge >= 0.3 is 0 Å². The number of hydrogen-bond donors (Lipinski definition) is 0. The molecule has 7 heteroatoms. The van der Waals surface area contributed by atoms with E-state index in [1.807, 2.05) is 16.9 Å². The lowest BCUT2D eigenvalue weighted by Gasteiger charge is -2.33. The quantitative estimate of drug-likeness (QED) is 0.763. The lowest BCUT2D eigenvalue weighted by Crippen LogP contribution is -2.50. The Balaban J connectivity index is 1.47. The van der Waals surface area contributed by atoms with Crippen molar-refractivity contribution >= 4 is 10.0 Å². The van der Waals surface area contributed by atoms with Gasteiger partial charge in [0.25, 0.3) is 0 Å². The van der Waals surface area contributed by atoms with Crippen molar-refractivity contribution in [2.45, 2.75) is 24.6 Å². The van der Waals surface area contributed by atoms with Crippen LogP contribution in [0.1, 0.15) is 12.8 Å². The van der Waals surface area contributed by atoms with Crippen LogP contribution in [0.4, 0.5) is 0 Å². The number of aromatic nitrogens is 2. The van der Waals surface area contributed by atoms with Crippen LogP contribution < -0.4 is 0 Å². The highest BCUT2D eigenvalue weighted by atomic mass is 32.2. The first-order chi connectivity index (χ1) is 9.16. The second-order valence-corrected chi connectivity index (χ2v) is 7.47. The molecule has 0 unspecified atom stereocenters. The van der Waals surface area contributed by atoms with Crippen LogP contribution in [0.25, 0.3) is 0 Å². The molecule has 1 aliphatic heterocycles. The van der Waals surface area contributed by atoms with Crippen molar-refractivity contribution in [1.82, 2.24) is 19.0 Å². The topological polar surface area (TPSA) is 58.4 Å². The van der Waals surface area contributed by atoms with Gasteiger partial charge in [-0.15, -0.1) is 0 Å². The zero-order valence-electron chi connectivity index (χ0n) is 11.0. The summed E-state index contributed by atoms with van der Waals surface area (Å²) in [6.45, 7) is 4.72. The fourth-order valence-corrected chi connectivity index (χ4v) is 4.29. The van der Waals surface area contributed by atoms with Crippen molar-refractivity contribution in [2.75, 3.05) is 32.7 Å². The molecule has 0 radical (unpaired) electrons. The van der Waals surface area contributed by atoms with Gasteiger partial charge in [-0.2, -0.15) is 9.40 Å². The number of piperazine rings is 1. The molecule has 2 heterocycles. The molecule has 106 valence electrons. The number of hydrogen-bond acceptors (Lipinski definition) is 4. The summed E-state index contributed by atoms with van der Waals surface area (Å²) in [7, 11) is -2.98. The second kappa shape index (κ2) is 5.22.